The average molecular weight is 423 g/mol. The van der Waals surface area contributed by atoms with Crippen LogP contribution in [0.4, 0.5) is 5.69 Å². The summed E-state index contributed by atoms with van der Waals surface area (Å²) in [5.74, 6) is -0.553. The molecule has 0 saturated heterocycles. The molecule has 0 aliphatic heterocycles. The predicted octanol–water partition coefficient (Wildman–Crippen LogP) is 1.54. The van der Waals surface area contributed by atoms with E-state index in [4.69, 9.17) is 0 Å². The minimum atomic E-state index is -0.781. The number of anilines is 1. The van der Waals surface area contributed by atoms with Crippen LogP contribution in [-0.2, 0) is 0 Å². The highest BCUT2D eigenvalue weighted by atomic mass is 16.2. The van der Waals surface area contributed by atoms with Gasteiger partial charge in [0.05, 0.1) is 11.0 Å². The Morgan fingerprint density at radius 3 is 2.10 bits per heavy atom. The minimum absolute atomic E-state index is 0.169. The number of nitrogens with zero attached hydrogens (tertiary/aromatic N) is 1. The van der Waals surface area contributed by atoms with E-state index in [1.54, 1.807) is 36.4 Å². The van der Waals surface area contributed by atoms with Crippen LogP contribution in [0, 0.1) is 0 Å². The van der Waals surface area contributed by atoms with E-state index in [1.165, 1.54) is 6.07 Å². The van der Waals surface area contributed by atoms with E-state index in [9.17, 15) is 19.2 Å². The molecule has 9 heteroatoms. The fourth-order valence-electron chi connectivity index (χ4n) is 3.13. The van der Waals surface area contributed by atoms with Crippen molar-refractivity contribution in [2.24, 2.45) is 0 Å². The van der Waals surface area contributed by atoms with E-state index in [0.717, 1.165) is 19.6 Å². The van der Waals surface area contributed by atoms with Gasteiger partial charge >= 0.3 is 11.1 Å². The van der Waals surface area contributed by atoms with Crippen LogP contribution in [-0.4, -0.2) is 52.9 Å². The summed E-state index contributed by atoms with van der Waals surface area (Å²) in [5.41, 5.74) is 0.599. The van der Waals surface area contributed by atoms with Crippen molar-refractivity contribution in [1.82, 2.24) is 20.2 Å². The van der Waals surface area contributed by atoms with Gasteiger partial charge in [0.15, 0.2) is 0 Å². The zero-order valence-electron chi connectivity index (χ0n) is 17.5. The van der Waals surface area contributed by atoms with Gasteiger partial charge in [-0.25, -0.2) is 0 Å². The molecular weight excluding hydrogens is 398 g/mol. The average Bonchev–Trinajstić information content (AvgIpc) is 2.77. The number of H-pyrrole nitrogens is 2. The second kappa shape index (κ2) is 9.86. The van der Waals surface area contributed by atoms with Gasteiger partial charge in [0.1, 0.15) is 0 Å². The summed E-state index contributed by atoms with van der Waals surface area (Å²) in [6.45, 7) is 7.39. The molecule has 0 saturated carbocycles. The molecule has 2 aromatic carbocycles. The zero-order chi connectivity index (χ0) is 22.4. The van der Waals surface area contributed by atoms with Crippen molar-refractivity contribution in [3.05, 3.63) is 74.3 Å². The standard InChI is InChI=1S/C22H25N5O4/c1-3-27(4-2)12-11-23-19(28)14-5-8-16(9-6-14)24-20(29)15-7-10-17-18(13-15)26-22(31)21(30)25-17/h5-10,13H,3-4,11-12H2,1-2H3,(H,23,28)(H,24,29)(H,25,30)(H,26,31). The summed E-state index contributed by atoms with van der Waals surface area (Å²) in [4.78, 5) is 54.8. The van der Waals surface area contributed by atoms with Crippen molar-refractivity contribution in [2.75, 3.05) is 31.5 Å². The normalized spacial score (nSPS) is 10.9. The number of benzene rings is 2. The first-order valence-corrected chi connectivity index (χ1v) is 10.1. The van der Waals surface area contributed by atoms with Crippen LogP contribution >= 0.6 is 0 Å². The van der Waals surface area contributed by atoms with Gasteiger partial charge in [0.2, 0.25) is 0 Å². The third kappa shape index (κ3) is 5.46. The Bertz CT molecular complexity index is 1190. The van der Waals surface area contributed by atoms with E-state index in [1.807, 2.05) is 0 Å². The highest BCUT2D eigenvalue weighted by Gasteiger charge is 2.10. The molecule has 0 atom stereocenters. The molecule has 0 aliphatic rings. The van der Waals surface area contributed by atoms with Gasteiger partial charge in [-0.1, -0.05) is 13.8 Å². The molecule has 0 bridgehead atoms. The summed E-state index contributed by atoms with van der Waals surface area (Å²) in [5, 5.41) is 5.63. The number of amides is 2. The molecule has 2 amide bonds. The van der Waals surface area contributed by atoms with Crippen molar-refractivity contribution >= 4 is 28.5 Å². The van der Waals surface area contributed by atoms with Crippen LogP contribution in [0.5, 0.6) is 0 Å². The Morgan fingerprint density at radius 2 is 1.45 bits per heavy atom. The number of hydrogen-bond donors (Lipinski definition) is 4. The topological polar surface area (TPSA) is 127 Å². The van der Waals surface area contributed by atoms with Gasteiger partial charge in [0.25, 0.3) is 11.8 Å². The summed E-state index contributed by atoms with van der Waals surface area (Å²) < 4.78 is 0. The number of aromatic nitrogens is 2. The van der Waals surface area contributed by atoms with Crippen molar-refractivity contribution < 1.29 is 9.59 Å². The van der Waals surface area contributed by atoms with E-state index in [0.29, 0.717) is 34.4 Å². The lowest BCUT2D eigenvalue weighted by molar-refractivity contribution is 0.0948. The van der Waals surface area contributed by atoms with Gasteiger partial charge in [-0.05, 0) is 55.6 Å². The maximum atomic E-state index is 12.5. The predicted molar refractivity (Wildman–Crippen MR) is 120 cm³/mol. The number of fused-ring (bicyclic) bond motifs is 1. The number of hydrogen-bond acceptors (Lipinski definition) is 5. The Labute approximate surface area is 178 Å². The first-order valence-electron chi connectivity index (χ1n) is 10.1. The molecule has 1 heterocycles. The molecule has 0 spiro atoms. The molecule has 0 radical (unpaired) electrons. The maximum Gasteiger partial charge on any atom is 0.314 e. The smallest absolute Gasteiger partial charge is 0.314 e. The van der Waals surface area contributed by atoms with Crippen molar-refractivity contribution in [2.45, 2.75) is 13.8 Å². The third-order valence-corrected chi connectivity index (χ3v) is 5.00. The monoisotopic (exact) mass is 423 g/mol. The summed E-state index contributed by atoms with van der Waals surface area (Å²) in [6.07, 6.45) is 0. The first-order chi connectivity index (χ1) is 14.9. The Hall–Kier alpha value is -3.72. The quantitative estimate of drug-likeness (QED) is 0.409. The molecule has 0 aliphatic carbocycles. The molecule has 3 aromatic rings. The highest BCUT2D eigenvalue weighted by molar-refractivity contribution is 6.06. The van der Waals surface area contributed by atoms with Crippen LogP contribution in [0.3, 0.4) is 0 Å². The van der Waals surface area contributed by atoms with Crippen LogP contribution in [0.2, 0.25) is 0 Å². The minimum Gasteiger partial charge on any atom is -0.351 e. The number of aromatic amines is 2. The second-order valence-electron chi connectivity index (χ2n) is 6.98. The molecule has 1 aromatic heterocycles. The lowest BCUT2D eigenvalue weighted by Crippen LogP contribution is -2.34. The lowest BCUT2D eigenvalue weighted by atomic mass is 10.1. The number of carbonyl (C=O) groups excluding carboxylic acids is 2. The van der Waals surface area contributed by atoms with E-state index in [2.05, 4.69) is 39.3 Å². The van der Waals surface area contributed by atoms with Crippen molar-refractivity contribution in [3.63, 3.8) is 0 Å². The molecule has 4 N–H and O–H groups in total. The Morgan fingerprint density at radius 1 is 0.839 bits per heavy atom. The van der Waals surface area contributed by atoms with Crippen LogP contribution in [0.25, 0.3) is 11.0 Å². The number of carbonyl (C=O) groups is 2. The highest BCUT2D eigenvalue weighted by Crippen LogP contribution is 2.14. The van der Waals surface area contributed by atoms with E-state index >= 15 is 0 Å². The van der Waals surface area contributed by atoms with Crippen molar-refractivity contribution in [1.29, 1.82) is 0 Å². The molecule has 31 heavy (non-hydrogen) atoms. The summed E-state index contributed by atoms with van der Waals surface area (Å²) >= 11 is 0. The molecule has 162 valence electrons. The van der Waals surface area contributed by atoms with E-state index < -0.39 is 11.1 Å². The molecule has 0 fully saturated rings. The van der Waals surface area contributed by atoms with Gasteiger partial charge < -0.3 is 25.5 Å². The van der Waals surface area contributed by atoms with Gasteiger partial charge in [-0.3, -0.25) is 19.2 Å². The lowest BCUT2D eigenvalue weighted by Gasteiger charge is -2.18. The van der Waals surface area contributed by atoms with Crippen LogP contribution < -0.4 is 21.8 Å². The summed E-state index contributed by atoms with van der Waals surface area (Å²) in [7, 11) is 0. The zero-order valence-corrected chi connectivity index (χ0v) is 17.5. The van der Waals surface area contributed by atoms with Crippen molar-refractivity contribution in [3.8, 4) is 0 Å². The first kappa shape index (κ1) is 22.0. The maximum absolute atomic E-state index is 12.5. The molecule has 9 nitrogen and oxygen atoms in total. The Kier molecular flexibility index (Phi) is 6.99. The second-order valence-corrected chi connectivity index (χ2v) is 6.98. The number of nitrogens with one attached hydrogen (secondary N) is 4. The van der Waals surface area contributed by atoms with E-state index in [-0.39, 0.29) is 11.8 Å². The molecule has 0 unspecified atom stereocenters. The van der Waals surface area contributed by atoms with Gasteiger partial charge in [-0.2, -0.15) is 0 Å². The number of likely N-dealkylation sites (N-methyl/N-ethyl adjacent to an activating group) is 1. The largest absolute Gasteiger partial charge is 0.351 e. The van der Waals surface area contributed by atoms with Gasteiger partial charge in [0, 0.05) is 29.9 Å². The fourth-order valence-corrected chi connectivity index (χ4v) is 3.13. The Balaban J connectivity index is 1.62. The fraction of sp³-hybridized carbons (Fsp3) is 0.273. The van der Waals surface area contributed by atoms with Gasteiger partial charge in [-0.15, -0.1) is 0 Å². The third-order valence-electron chi connectivity index (χ3n) is 5.00. The number of rotatable bonds is 8. The van der Waals surface area contributed by atoms with Crippen LogP contribution in [0.15, 0.2) is 52.1 Å². The summed E-state index contributed by atoms with van der Waals surface area (Å²) in [6, 6.07) is 11.2. The van der Waals surface area contributed by atoms with Crippen LogP contribution in [0.1, 0.15) is 34.6 Å². The SMILES string of the molecule is CCN(CC)CCNC(=O)c1ccc(NC(=O)c2ccc3[nH]c(=O)c(=O)[nH]c3c2)cc1. The molecular formula is C22H25N5O4. The molecule has 3 rings (SSSR count).